The first-order valence-electron chi connectivity index (χ1n) is 7.46. The number of carbonyl (C=O) groups excluding carboxylic acids is 2. The summed E-state index contributed by atoms with van der Waals surface area (Å²) in [6.07, 6.45) is 3.98. The summed E-state index contributed by atoms with van der Waals surface area (Å²) in [5, 5.41) is 3.42. The lowest BCUT2D eigenvalue weighted by Crippen LogP contribution is -2.46. The molecule has 0 aromatic carbocycles. The van der Waals surface area contributed by atoms with Crippen LogP contribution in [0.4, 0.5) is 0 Å². The van der Waals surface area contributed by atoms with Crippen LogP contribution in [-0.4, -0.2) is 35.8 Å². The predicted octanol–water partition coefficient (Wildman–Crippen LogP) is 2.33. The van der Waals surface area contributed by atoms with E-state index in [1.165, 1.54) is 4.90 Å². The van der Waals surface area contributed by atoms with Crippen molar-refractivity contribution in [1.29, 1.82) is 0 Å². The highest BCUT2D eigenvalue weighted by atomic mass is 16.2. The Morgan fingerprint density at radius 2 is 1.79 bits per heavy atom. The number of hydrogen-bond acceptors (Lipinski definition) is 3. The maximum atomic E-state index is 12.0. The molecular weight excluding hydrogens is 240 g/mol. The number of hydrogen-bond donors (Lipinski definition) is 1. The molecule has 19 heavy (non-hydrogen) atoms. The molecular formula is C15H28N2O2. The summed E-state index contributed by atoms with van der Waals surface area (Å²) in [7, 11) is 0. The van der Waals surface area contributed by atoms with E-state index in [9.17, 15) is 9.59 Å². The average Bonchev–Trinajstić information content (AvgIpc) is 2.29. The fourth-order valence-corrected chi connectivity index (χ4v) is 2.70. The van der Waals surface area contributed by atoms with E-state index in [-0.39, 0.29) is 17.2 Å². The zero-order valence-corrected chi connectivity index (χ0v) is 12.8. The van der Waals surface area contributed by atoms with Crippen molar-refractivity contribution in [3.63, 3.8) is 0 Å². The first kappa shape index (κ1) is 16.2. The fraction of sp³-hybridized carbons (Fsp3) is 0.867. The lowest BCUT2D eigenvalue weighted by atomic mass is 9.81. The zero-order chi connectivity index (χ0) is 14.5. The van der Waals surface area contributed by atoms with Gasteiger partial charge in [0.25, 0.3) is 0 Å². The summed E-state index contributed by atoms with van der Waals surface area (Å²) in [6, 6.07) is 0.497. The van der Waals surface area contributed by atoms with E-state index in [1.807, 2.05) is 13.8 Å². The van der Waals surface area contributed by atoms with Crippen molar-refractivity contribution in [1.82, 2.24) is 10.2 Å². The summed E-state index contributed by atoms with van der Waals surface area (Å²) < 4.78 is 0. The SMILES string of the molecule is CCNC(CC)CCCN1C(=O)CC(C)(C)CC1=O. The number of nitrogens with zero attached hydrogens (tertiary/aromatic N) is 1. The third-order valence-corrected chi connectivity index (χ3v) is 3.78. The maximum Gasteiger partial charge on any atom is 0.229 e. The molecule has 0 radical (unpaired) electrons. The number of rotatable bonds is 7. The highest BCUT2D eigenvalue weighted by Crippen LogP contribution is 2.31. The molecule has 4 heteroatoms. The van der Waals surface area contributed by atoms with Gasteiger partial charge in [0.05, 0.1) is 0 Å². The first-order chi connectivity index (χ1) is 8.89. The van der Waals surface area contributed by atoms with Crippen LogP contribution in [0, 0.1) is 5.41 Å². The second-order valence-electron chi connectivity index (χ2n) is 6.26. The van der Waals surface area contributed by atoms with Gasteiger partial charge >= 0.3 is 0 Å². The number of piperidine rings is 1. The maximum absolute atomic E-state index is 12.0. The molecule has 1 atom stereocenters. The molecule has 0 aliphatic carbocycles. The molecule has 0 saturated carbocycles. The lowest BCUT2D eigenvalue weighted by molar-refractivity contribution is -0.152. The summed E-state index contributed by atoms with van der Waals surface area (Å²) in [4.78, 5) is 25.4. The molecule has 4 nitrogen and oxygen atoms in total. The number of imide groups is 1. The Bertz CT molecular complexity index is 306. The van der Waals surface area contributed by atoms with Crippen molar-refractivity contribution in [3.8, 4) is 0 Å². The van der Waals surface area contributed by atoms with Crippen LogP contribution in [0.3, 0.4) is 0 Å². The smallest absolute Gasteiger partial charge is 0.229 e. The molecule has 1 rings (SSSR count). The summed E-state index contributed by atoms with van der Waals surface area (Å²) in [5.41, 5.74) is -0.166. The van der Waals surface area contributed by atoms with Crippen LogP contribution in [0.1, 0.15) is 59.8 Å². The van der Waals surface area contributed by atoms with Crippen LogP contribution >= 0.6 is 0 Å². The second-order valence-corrected chi connectivity index (χ2v) is 6.26. The number of amides is 2. The van der Waals surface area contributed by atoms with Crippen LogP contribution in [0.25, 0.3) is 0 Å². The van der Waals surface area contributed by atoms with Crippen molar-refractivity contribution in [2.24, 2.45) is 5.41 Å². The van der Waals surface area contributed by atoms with Gasteiger partial charge in [-0.05, 0) is 31.2 Å². The number of likely N-dealkylation sites (tertiary alicyclic amines) is 1. The Hall–Kier alpha value is -0.900. The number of carbonyl (C=O) groups is 2. The first-order valence-corrected chi connectivity index (χ1v) is 7.46. The van der Waals surface area contributed by atoms with E-state index < -0.39 is 0 Å². The molecule has 1 fully saturated rings. The molecule has 1 heterocycles. The molecule has 1 saturated heterocycles. The van der Waals surface area contributed by atoms with Gasteiger partial charge < -0.3 is 5.32 Å². The Balaban J connectivity index is 2.41. The molecule has 0 bridgehead atoms. The standard InChI is InChI=1S/C15H28N2O2/c1-5-12(16-6-2)8-7-9-17-13(18)10-15(3,4)11-14(17)19/h12,16H,5-11H2,1-4H3. The largest absolute Gasteiger partial charge is 0.314 e. The molecule has 0 spiro atoms. The molecule has 2 amide bonds. The van der Waals surface area contributed by atoms with Gasteiger partial charge in [0, 0.05) is 25.4 Å². The molecule has 1 aliphatic heterocycles. The van der Waals surface area contributed by atoms with Crippen molar-refractivity contribution in [2.45, 2.75) is 65.8 Å². The van der Waals surface area contributed by atoms with Crippen LogP contribution in [-0.2, 0) is 9.59 Å². The monoisotopic (exact) mass is 268 g/mol. The second kappa shape index (κ2) is 7.04. The van der Waals surface area contributed by atoms with E-state index in [0.29, 0.717) is 25.4 Å². The average molecular weight is 268 g/mol. The van der Waals surface area contributed by atoms with Gasteiger partial charge in [0.15, 0.2) is 0 Å². The molecule has 1 unspecified atom stereocenters. The van der Waals surface area contributed by atoms with Crippen molar-refractivity contribution < 1.29 is 9.59 Å². The highest BCUT2D eigenvalue weighted by molar-refractivity contribution is 5.98. The van der Waals surface area contributed by atoms with Gasteiger partial charge in [-0.2, -0.15) is 0 Å². The highest BCUT2D eigenvalue weighted by Gasteiger charge is 2.36. The van der Waals surface area contributed by atoms with E-state index in [4.69, 9.17) is 0 Å². The Labute approximate surface area is 116 Å². The van der Waals surface area contributed by atoms with Crippen molar-refractivity contribution in [2.75, 3.05) is 13.1 Å². The van der Waals surface area contributed by atoms with E-state index in [0.717, 1.165) is 25.8 Å². The normalized spacial score (nSPS) is 20.7. The third-order valence-electron chi connectivity index (χ3n) is 3.78. The van der Waals surface area contributed by atoms with Gasteiger partial charge in [-0.25, -0.2) is 0 Å². The van der Waals surface area contributed by atoms with Crippen LogP contribution in [0.15, 0.2) is 0 Å². The zero-order valence-electron chi connectivity index (χ0n) is 12.8. The van der Waals surface area contributed by atoms with Crippen LogP contribution < -0.4 is 5.32 Å². The predicted molar refractivity (Wildman–Crippen MR) is 76.7 cm³/mol. The van der Waals surface area contributed by atoms with Gasteiger partial charge in [-0.3, -0.25) is 14.5 Å². The molecule has 1 aliphatic rings. The molecule has 0 aromatic heterocycles. The number of nitrogens with one attached hydrogen (secondary N) is 1. The molecule has 1 N–H and O–H groups in total. The summed E-state index contributed by atoms with van der Waals surface area (Å²) in [5.74, 6) is -0.00417. The van der Waals surface area contributed by atoms with Crippen molar-refractivity contribution in [3.05, 3.63) is 0 Å². The summed E-state index contributed by atoms with van der Waals surface area (Å²) >= 11 is 0. The van der Waals surface area contributed by atoms with E-state index in [2.05, 4.69) is 19.2 Å². The van der Waals surface area contributed by atoms with Gasteiger partial charge in [0.1, 0.15) is 0 Å². The summed E-state index contributed by atoms with van der Waals surface area (Å²) in [6.45, 7) is 9.77. The van der Waals surface area contributed by atoms with E-state index in [1.54, 1.807) is 0 Å². The van der Waals surface area contributed by atoms with E-state index >= 15 is 0 Å². The minimum absolute atomic E-state index is 0.00208. The van der Waals surface area contributed by atoms with Crippen molar-refractivity contribution >= 4 is 11.8 Å². The fourth-order valence-electron chi connectivity index (χ4n) is 2.70. The topological polar surface area (TPSA) is 49.4 Å². The molecule has 0 aromatic rings. The van der Waals surface area contributed by atoms with Crippen LogP contribution in [0.5, 0.6) is 0 Å². The molecule has 110 valence electrons. The lowest BCUT2D eigenvalue weighted by Gasteiger charge is -2.34. The minimum Gasteiger partial charge on any atom is -0.314 e. The quantitative estimate of drug-likeness (QED) is 0.721. The Morgan fingerprint density at radius 3 is 2.26 bits per heavy atom. The Kier molecular flexibility index (Phi) is 5.98. The van der Waals surface area contributed by atoms with Gasteiger partial charge in [-0.15, -0.1) is 0 Å². The minimum atomic E-state index is -0.166. The Morgan fingerprint density at radius 1 is 1.21 bits per heavy atom. The van der Waals surface area contributed by atoms with Crippen LogP contribution in [0.2, 0.25) is 0 Å². The van der Waals surface area contributed by atoms with Gasteiger partial charge in [-0.1, -0.05) is 27.7 Å². The van der Waals surface area contributed by atoms with Gasteiger partial charge in [0.2, 0.25) is 11.8 Å². The third kappa shape index (κ3) is 4.94.